The van der Waals surface area contributed by atoms with Crippen LogP contribution in [0, 0.1) is 5.41 Å². The van der Waals surface area contributed by atoms with Crippen LogP contribution in [0.4, 0.5) is 0 Å². The van der Waals surface area contributed by atoms with Crippen molar-refractivity contribution in [2.75, 3.05) is 0 Å². The lowest BCUT2D eigenvalue weighted by atomic mass is 9.78. The van der Waals surface area contributed by atoms with Crippen molar-refractivity contribution >= 4 is 16.9 Å². The highest BCUT2D eigenvalue weighted by Gasteiger charge is 2.22. The molecule has 0 saturated carbocycles. The maximum Gasteiger partial charge on any atom is 0.0798 e. The van der Waals surface area contributed by atoms with Crippen molar-refractivity contribution in [1.29, 1.82) is 0 Å². The number of thiazole rings is 1. The first-order chi connectivity index (χ1) is 6.17. The molecule has 0 atom stereocenters. The maximum atomic E-state index is 4.34. The third-order valence-electron chi connectivity index (χ3n) is 2.73. The van der Waals surface area contributed by atoms with Gasteiger partial charge in [0, 0.05) is 5.38 Å². The van der Waals surface area contributed by atoms with E-state index < -0.39 is 0 Å². The van der Waals surface area contributed by atoms with E-state index in [0.717, 1.165) is 0 Å². The number of hydrogen-bond donors (Lipinski definition) is 0. The fourth-order valence-electron chi connectivity index (χ4n) is 1.68. The van der Waals surface area contributed by atoms with Gasteiger partial charge in [0.15, 0.2) is 0 Å². The van der Waals surface area contributed by atoms with Gasteiger partial charge in [-0.15, -0.1) is 11.3 Å². The monoisotopic (exact) mass is 193 g/mol. The second-order valence-corrected chi connectivity index (χ2v) is 5.19. The molecule has 0 unspecified atom stereocenters. The van der Waals surface area contributed by atoms with Crippen molar-refractivity contribution in [3.8, 4) is 0 Å². The van der Waals surface area contributed by atoms with E-state index >= 15 is 0 Å². The van der Waals surface area contributed by atoms with Crippen LogP contribution < -0.4 is 0 Å². The van der Waals surface area contributed by atoms with Crippen LogP contribution in [-0.4, -0.2) is 4.98 Å². The Kier molecular flexibility index (Phi) is 2.24. The molecule has 0 radical (unpaired) electrons. The van der Waals surface area contributed by atoms with Crippen molar-refractivity contribution in [3.63, 3.8) is 0 Å². The highest BCUT2D eigenvalue weighted by atomic mass is 32.1. The predicted molar refractivity (Wildman–Crippen MR) is 57.7 cm³/mol. The lowest BCUT2D eigenvalue weighted by Gasteiger charge is -2.28. The summed E-state index contributed by atoms with van der Waals surface area (Å²) in [6.45, 7) is 4.67. The van der Waals surface area contributed by atoms with E-state index in [1.54, 1.807) is 11.3 Å². The van der Waals surface area contributed by atoms with Gasteiger partial charge in [0.05, 0.1) is 11.2 Å². The van der Waals surface area contributed by atoms with Crippen LogP contribution in [0.3, 0.4) is 0 Å². The van der Waals surface area contributed by atoms with Crippen molar-refractivity contribution in [3.05, 3.63) is 22.7 Å². The minimum atomic E-state index is 0.500. The molecule has 0 fully saturated rings. The van der Waals surface area contributed by atoms with Gasteiger partial charge >= 0.3 is 0 Å². The molecule has 0 spiro atoms. The molecule has 0 N–H and O–H groups in total. The fraction of sp³-hybridized carbons (Fsp3) is 0.545. The summed E-state index contributed by atoms with van der Waals surface area (Å²) < 4.78 is 0. The second-order valence-electron chi connectivity index (χ2n) is 4.47. The molecule has 0 amide bonds. The summed E-state index contributed by atoms with van der Waals surface area (Å²) in [5, 5.41) is 2.14. The van der Waals surface area contributed by atoms with Gasteiger partial charge in [-0.3, -0.25) is 0 Å². The molecule has 2 rings (SSSR count). The molecule has 1 aromatic rings. The highest BCUT2D eigenvalue weighted by molar-refractivity contribution is 7.07. The molecule has 1 aromatic heterocycles. The average Bonchev–Trinajstić information content (AvgIpc) is 2.56. The van der Waals surface area contributed by atoms with Gasteiger partial charge in [-0.1, -0.05) is 19.9 Å². The van der Waals surface area contributed by atoms with E-state index in [1.165, 1.54) is 30.5 Å². The molecule has 13 heavy (non-hydrogen) atoms. The van der Waals surface area contributed by atoms with E-state index in [9.17, 15) is 0 Å². The van der Waals surface area contributed by atoms with Gasteiger partial charge < -0.3 is 0 Å². The van der Waals surface area contributed by atoms with Gasteiger partial charge in [0.1, 0.15) is 0 Å². The van der Waals surface area contributed by atoms with Crippen LogP contribution in [0.5, 0.6) is 0 Å². The number of aromatic nitrogens is 1. The molecule has 0 saturated heterocycles. The zero-order valence-corrected chi connectivity index (χ0v) is 9.03. The fourth-order valence-corrected chi connectivity index (χ4v) is 2.26. The van der Waals surface area contributed by atoms with Crippen molar-refractivity contribution in [2.45, 2.75) is 33.1 Å². The van der Waals surface area contributed by atoms with E-state index in [-0.39, 0.29) is 0 Å². The van der Waals surface area contributed by atoms with E-state index in [1.807, 2.05) is 5.51 Å². The van der Waals surface area contributed by atoms with Crippen molar-refractivity contribution in [1.82, 2.24) is 4.98 Å². The maximum absolute atomic E-state index is 4.34. The lowest BCUT2D eigenvalue weighted by Crippen LogP contribution is -2.14. The first-order valence-corrected chi connectivity index (χ1v) is 5.69. The zero-order chi connectivity index (χ0) is 9.31. The third kappa shape index (κ3) is 1.99. The van der Waals surface area contributed by atoms with Crippen LogP contribution >= 0.6 is 11.3 Å². The highest BCUT2D eigenvalue weighted by Crippen LogP contribution is 2.37. The molecule has 1 aliphatic carbocycles. The minimum Gasteiger partial charge on any atom is -0.245 e. The van der Waals surface area contributed by atoms with E-state index in [4.69, 9.17) is 0 Å². The smallest absolute Gasteiger partial charge is 0.0798 e. The largest absolute Gasteiger partial charge is 0.245 e. The standard InChI is InChI=1S/C11H15NS/c1-11(2)5-3-9(4-6-11)10-7-13-8-12-10/h3,7-8H,4-6H2,1-2H3. The van der Waals surface area contributed by atoms with Crippen LogP contribution in [0.25, 0.3) is 5.57 Å². The number of nitrogens with zero attached hydrogens (tertiary/aromatic N) is 1. The van der Waals surface area contributed by atoms with E-state index in [0.29, 0.717) is 5.41 Å². The summed E-state index contributed by atoms with van der Waals surface area (Å²) in [5.41, 5.74) is 5.05. The quantitative estimate of drug-likeness (QED) is 0.662. The average molecular weight is 193 g/mol. The van der Waals surface area contributed by atoms with Crippen molar-refractivity contribution < 1.29 is 0 Å². The van der Waals surface area contributed by atoms with Crippen LogP contribution in [0.2, 0.25) is 0 Å². The Morgan fingerprint density at radius 2 is 2.31 bits per heavy atom. The molecular formula is C11H15NS. The SMILES string of the molecule is CC1(C)CC=C(c2cscn2)CC1. The van der Waals surface area contributed by atoms with Crippen LogP contribution in [-0.2, 0) is 0 Å². The summed E-state index contributed by atoms with van der Waals surface area (Å²) in [4.78, 5) is 4.34. The normalized spacial score (nSPS) is 21.2. The second kappa shape index (κ2) is 3.26. The molecule has 2 heteroatoms. The molecule has 0 bridgehead atoms. The first kappa shape index (κ1) is 8.95. The Bertz CT molecular complexity index is 309. The van der Waals surface area contributed by atoms with Gasteiger partial charge in [-0.2, -0.15) is 0 Å². The molecular weight excluding hydrogens is 178 g/mol. The summed E-state index contributed by atoms with van der Waals surface area (Å²) in [7, 11) is 0. The molecule has 1 nitrogen and oxygen atoms in total. The van der Waals surface area contributed by atoms with Gasteiger partial charge in [0.2, 0.25) is 0 Å². The number of hydrogen-bond acceptors (Lipinski definition) is 2. The van der Waals surface area contributed by atoms with Crippen molar-refractivity contribution in [2.24, 2.45) is 5.41 Å². The predicted octanol–water partition coefficient (Wildman–Crippen LogP) is 3.74. The molecule has 1 aliphatic rings. The number of rotatable bonds is 1. The number of allylic oxidation sites excluding steroid dienone is 2. The van der Waals surface area contributed by atoms with Gasteiger partial charge in [-0.25, -0.2) is 4.98 Å². The third-order valence-corrected chi connectivity index (χ3v) is 3.32. The molecule has 1 heterocycles. The Labute approximate surface area is 83.5 Å². The summed E-state index contributed by atoms with van der Waals surface area (Å²) >= 11 is 1.68. The molecule has 70 valence electrons. The van der Waals surface area contributed by atoms with Gasteiger partial charge in [0.25, 0.3) is 0 Å². The summed E-state index contributed by atoms with van der Waals surface area (Å²) in [5.74, 6) is 0. The minimum absolute atomic E-state index is 0.500. The topological polar surface area (TPSA) is 12.9 Å². The molecule has 0 aliphatic heterocycles. The summed E-state index contributed by atoms with van der Waals surface area (Å²) in [6, 6.07) is 0. The Balaban J connectivity index is 2.16. The van der Waals surface area contributed by atoms with E-state index in [2.05, 4.69) is 30.3 Å². The van der Waals surface area contributed by atoms with Gasteiger partial charge in [-0.05, 0) is 30.3 Å². The Hall–Kier alpha value is -0.630. The Morgan fingerprint density at radius 3 is 2.85 bits per heavy atom. The van der Waals surface area contributed by atoms with Crippen LogP contribution in [0.15, 0.2) is 17.0 Å². The zero-order valence-electron chi connectivity index (χ0n) is 8.21. The first-order valence-electron chi connectivity index (χ1n) is 4.75. The lowest BCUT2D eigenvalue weighted by molar-refractivity contribution is 0.335. The van der Waals surface area contributed by atoms with Crippen LogP contribution in [0.1, 0.15) is 38.8 Å². The molecule has 0 aromatic carbocycles. The summed E-state index contributed by atoms with van der Waals surface area (Å²) in [6.07, 6.45) is 6.03. The Morgan fingerprint density at radius 1 is 1.46 bits per heavy atom.